The highest BCUT2D eigenvalue weighted by atomic mass is 16.5. The third-order valence-electron chi connectivity index (χ3n) is 3.78. The van der Waals surface area contributed by atoms with E-state index in [1.165, 1.54) is 18.4 Å². The van der Waals surface area contributed by atoms with E-state index in [0.717, 1.165) is 23.3 Å². The van der Waals surface area contributed by atoms with Crippen LogP contribution in [0.5, 0.6) is 5.75 Å². The SMILES string of the molecule is CCCCc1ccc(C#Cc2ccc(OCCCC(=O)O)cc2)cc1. The number of aliphatic carboxylic acids is 1. The molecule has 0 spiro atoms. The van der Waals surface area contributed by atoms with Crippen LogP contribution in [0.25, 0.3) is 0 Å². The minimum Gasteiger partial charge on any atom is -0.494 e. The number of aryl methyl sites for hydroxylation is 1. The first-order valence-corrected chi connectivity index (χ1v) is 8.73. The molecule has 0 saturated heterocycles. The van der Waals surface area contributed by atoms with E-state index in [0.29, 0.717) is 13.0 Å². The van der Waals surface area contributed by atoms with Crippen molar-refractivity contribution in [2.24, 2.45) is 0 Å². The zero-order valence-corrected chi connectivity index (χ0v) is 14.6. The molecule has 1 N–H and O–H groups in total. The highest BCUT2D eigenvalue weighted by Gasteiger charge is 1.98. The Bertz CT molecular complexity index is 719. The molecule has 3 nitrogen and oxygen atoms in total. The molecule has 0 radical (unpaired) electrons. The predicted octanol–water partition coefficient (Wildman–Crippen LogP) is 4.67. The maximum atomic E-state index is 10.4. The summed E-state index contributed by atoms with van der Waals surface area (Å²) < 4.78 is 5.51. The molecule has 2 aromatic rings. The fraction of sp³-hybridized carbons (Fsp3) is 0.318. The second-order valence-electron chi connectivity index (χ2n) is 5.92. The monoisotopic (exact) mass is 336 g/mol. The lowest BCUT2D eigenvalue weighted by molar-refractivity contribution is -0.137. The summed E-state index contributed by atoms with van der Waals surface area (Å²) in [5.41, 5.74) is 3.29. The van der Waals surface area contributed by atoms with Gasteiger partial charge in [-0.2, -0.15) is 0 Å². The average molecular weight is 336 g/mol. The summed E-state index contributed by atoms with van der Waals surface area (Å²) in [6, 6.07) is 16.0. The molecule has 0 atom stereocenters. The molecule has 0 amide bonds. The molecule has 130 valence electrons. The van der Waals surface area contributed by atoms with E-state index in [-0.39, 0.29) is 6.42 Å². The Hall–Kier alpha value is -2.73. The van der Waals surface area contributed by atoms with E-state index in [1.807, 2.05) is 24.3 Å². The molecule has 0 aliphatic rings. The van der Waals surface area contributed by atoms with E-state index in [1.54, 1.807) is 0 Å². The van der Waals surface area contributed by atoms with Crippen LogP contribution < -0.4 is 4.74 Å². The molecule has 2 aromatic carbocycles. The van der Waals surface area contributed by atoms with Crippen LogP contribution in [0.1, 0.15) is 49.3 Å². The van der Waals surface area contributed by atoms with Crippen molar-refractivity contribution in [1.82, 2.24) is 0 Å². The maximum Gasteiger partial charge on any atom is 0.303 e. The number of unbranched alkanes of at least 4 members (excludes halogenated alkanes) is 1. The summed E-state index contributed by atoms with van der Waals surface area (Å²) in [6.45, 7) is 2.61. The van der Waals surface area contributed by atoms with Crippen molar-refractivity contribution in [1.29, 1.82) is 0 Å². The molecule has 25 heavy (non-hydrogen) atoms. The molecule has 3 heteroatoms. The number of benzene rings is 2. The molecule has 0 fully saturated rings. The van der Waals surface area contributed by atoms with Gasteiger partial charge in [-0.3, -0.25) is 4.79 Å². The normalized spacial score (nSPS) is 9.96. The molecular weight excluding hydrogens is 312 g/mol. The molecule has 2 rings (SSSR count). The van der Waals surface area contributed by atoms with Crippen molar-refractivity contribution in [3.8, 4) is 17.6 Å². The van der Waals surface area contributed by atoms with Gasteiger partial charge in [-0.15, -0.1) is 0 Å². The van der Waals surface area contributed by atoms with Crippen LogP contribution in [0.15, 0.2) is 48.5 Å². The third kappa shape index (κ3) is 7.14. The second kappa shape index (κ2) is 10.2. The first kappa shape index (κ1) is 18.6. The standard InChI is InChI=1S/C22H24O3/c1-2-3-5-18-7-9-19(10-8-18)11-12-20-13-15-21(16-14-20)25-17-4-6-22(23)24/h7-10,13-16H,2-6,17H2,1H3,(H,23,24). The molecule has 0 aromatic heterocycles. The highest BCUT2D eigenvalue weighted by molar-refractivity contribution is 5.66. The van der Waals surface area contributed by atoms with Crippen LogP contribution in [0.3, 0.4) is 0 Å². The molecule has 0 unspecified atom stereocenters. The summed E-state index contributed by atoms with van der Waals surface area (Å²) in [7, 11) is 0. The van der Waals surface area contributed by atoms with Gasteiger partial charge in [0.15, 0.2) is 0 Å². The molecule has 0 saturated carbocycles. The van der Waals surface area contributed by atoms with Crippen LogP contribution in [0.2, 0.25) is 0 Å². The van der Waals surface area contributed by atoms with Crippen molar-refractivity contribution in [2.75, 3.05) is 6.61 Å². The first-order chi connectivity index (χ1) is 12.2. The Morgan fingerprint density at radius 3 is 2.12 bits per heavy atom. The molecular formula is C22H24O3. The van der Waals surface area contributed by atoms with Crippen LogP contribution in [0.4, 0.5) is 0 Å². The van der Waals surface area contributed by atoms with Gasteiger partial charge in [0.25, 0.3) is 0 Å². The molecule has 0 bridgehead atoms. The van der Waals surface area contributed by atoms with Gasteiger partial charge in [0, 0.05) is 17.5 Å². The zero-order valence-electron chi connectivity index (χ0n) is 14.6. The van der Waals surface area contributed by atoms with Crippen LogP contribution in [-0.4, -0.2) is 17.7 Å². The lowest BCUT2D eigenvalue weighted by Crippen LogP contribution is -2.01. The van der Waals surface area contributed by atoms with Gasteiger partial charge in [0.1, 0.15) is 5.75 Å². The minimum atomic E-state index is -0.799. The van der Waals surface area contributed by atoms with Crippen LogP contribution in [0, 0.1) is 11.8 Å². The summed E-state index contributed by atoms with van der Waals surface area (Å²) in [6.07, 6.45) is 4.18. The number of hydrogen-bond acceptors (Lipinski definition) is 2. The quantitative estimate of drug-likeness (QED) is 0.563. The van der Waals surface area contributed by atoms with E-state index >= 15 is 0 Å². The van der Waals surface area contributed by atoms with Gasteiger partial charge < -0.3 is 9.84 Å². The summed E-state index contributed by atoms with van der Waals surface area (Å²) in [5, 5.41) is 8.58. The Morgan fingerprint density at radius 1 is 0.960 bits per heavy atom. The van der Waals surface area contributed by atoms with E-state index in [4.69, 9.17) is 9.84 Å². The largest absolute Gasteiger partial charge is 0.494 e. The molecule has 0 heterocycles. The van der Waals surface area contributed by atoms with Crippen molar-refractivity contribution in [3.05, 3.63) is 65.2 Å². The Kier molecular flexibility index (Phi) is 7.59. The van der Waals surface area contributed by atoms with E-state index < -0.39 is 5.97 Å². The highest BCUT2D eigenvalue weighted by Crippen LogP contribution is 2.12. The number of ether oxygens (including phenoxy) is 1. The van der Waals surface area contributed by atoms with Crippen molar-refractivity contribution in [2.45, 2.75) is 39.0 Å². The Balaban J connectivity index is 1.86. The van der Waals surface area contributed by atoms with Gasteiger partial charge in [0.05, 0.1) is 6.61 Å². The average Bonchev–Trinajstić information content (AvgIpc) is 2.63. The lowest BCUT2D eigenvalue weighted by Gasteiger charge is -2.04. The molecule has 0 aliphatic heterocycles. The van der Waals surface area contributed by atoms with Crippen molar-refractivity contribution >= 4 is 5.97 Å². The summed E-state index contributed by atoms with van der Waals surface area (Å²) >= 11 is 0. The van der Waals surface area contributed by atoms with Gasteiger partial charge >= 0.3 is 5.97 Å². The first-order valence-electron chi connectivity index (χ1n) is 8.73. The Morgan fingerprint density at radius 2 is 1.56 bits per heavy atom. The van der Waals surface area contributed by atoms with Gasteiger partial charge in [-0.25, -0.2) is 0 Å². The third-order valence-corrected chi connectivity index (χ3v) is 3.78. The van der Waals surface area contributed by atoms with Crippen molar-refractivity contribution < 1.29 is 14.6 Å². The number of hydrogen-bond donors (Lipinski definition) is 1. The van der Waals surface area contributed by atoms with Gasteiger partial charge in [0.2, 0.25) is 0 Å². The molecule has 0 aliphatic carbocycles. The number of carboxylic acid groups (broad SMARTS) is 1. The maximum absolute atomic E-state index is 10.4. The predicted molar refractivity (Wildman–Crippen MR) is 99.8 cm³/mol. The van der Waals surface area contributed by atoms with E-state index in [9.17, 15) is 4.79 Å². The topological polar surface area (TPSA) is 46.5 Å². The van der Waals surface area contributed by atoms with Gasteiger partial charge in [-0.1, -0.05) is 37.3 Å². The van der Waals surface area contributed by atoms with E-state index in [2.05, 4.69) is 43.0 Å². The summed E-state index contributed by atoms with van der Waals surface area (Å²) in [5.74, 6) is 6.26. The minimum absolute atomic E-state index is 0.126. The number of carboxylic acids is 1. The zero-order chi connectivity index (χ0) is 17.9. The summed E-state index contributed by atoms with van der Waals surface area (Å²) in [4.78, 5) is 10.4. The lowest BCUT2D eigenvalue weighted by atomic mass is 10.1. The Labute approximate surface area is 149 Å². The number of rotatable bonds is 8. The second-order valence-corrected chi connectivity index (χ2v) is 5.92. The number of carbonyl (C=O) groups is 1. The van der Waals surface area contributed by atoms with Crippen LogP contribution >= 0.6 is 0 Å². The fourth-order valence-corrected chi connectivity index (χ4v) is 2.33. The smallest absolute Gasteiger partial charge is 0.303 e. The van der Waals surface area contributed by atoms with Gasteiger partial charge in [-0.05, 0) is 61.2 Å². The van der Waals surface area contributed by atoms with Crippen LogP contribution in [-0.2, 0) is 11.2 Å². The van der Waals surface area contributed by atoms with Crippen molar-refractivity contribution in [3.63, 3.8) is 0 Å². The fourth-order valence-electron chi connectivity index (χ4n) is 2.33.